The summed E-state index contributed by atoms with van der Waals surface area (Å²) < 4.78 is 19.6. The van der Waals surface area contributed by atoms with Gasteiger partial charge in [0.1, 0.15) is 5.82 Å². The fraction of sp³-hybridized carbons (Fsp3) is 0.625. The van der Waals surface area contributed by atoms with Crippen LogP contribution in [0.1, 0.15) is 18.4 Å². The Morgan fingerprint density at radius 3 is 2.76 bits per heavy atom. The van der Waals surface area contributed by atoms with Crippen molar-refractivity contribution in [3.8, 4) is 0 Å². The highest BCUT2D eigenvalue weighted by atomic mass is 19.1. The zero-order valence-electron chi connectivity index (χ0n) is 12.3. The van der Waals surface area contributed by atoms with E-state index in [1.807, 2.05) is 17.0 Å². The number of hydrogen-bond donors (Lipinski definition) is 1. The Morgan fingerprint density at radius 1 is 1.24 bits per heavy atom. The highest BCUT2D eigenvalue weighted by Crippen LogP contribution is 2.23. The number of hydrogen-bond acceptors (Lipinski definition) is 4. The molecule has 1 atom stereocenters. The summed E-state index contributed by atoms with van der Waals surface area (Å²) >= 11 is 0. The molecule has 0 radical (unpaired) electrons. The minimum atomic E-state index is -0.240. The highest BCUT2D eigenvalue weighted by Gasteiger charge is 2.19. The fourth-order valence-corrected chi connectivity index (χ4v) is 3.14. The van der Waals surface area contributed by atoms with E-state index in [4.69, 9.17) is 4.74 Å². The van der Waals surface area contributed by atoms with Crippen LogP contribution in [0.5, 0.6) is 0 Å². The molecule has 0 saturated carbocycles. The number of anilines is 1. The van der Waals surface area contributed by atoms with Crippen LogP contribution in [0.2, 0.25) is 0 Å². The number of morpholine rings is 1. The molecule has 0 amide bonds. The first-order valence-corrected chi connectivity index (χ1v) is 7.74. The summed E-state index contributed by atoms with van der Waals surface area (Å²) in [5.41, 5.74) is 1.64. The lowest BCUT2D eigenvalue weighted by Crippen LogP contribution is -2.38. The molecule has 1 aromatic rings. The van der Waals surface area contributed by atoms with Gasteiger partial charge in [0, 0.05) is 26.2 Å². The molecule has 0 spiro atoms. The second-order valence-corrected chi connectivity index (χ2v) is 5.92. The molecule has 2 saturated heterocycles. The lowest BCUT2D eigenvalue weighted by atomic mass is 10.1. The van der Waals surface area contributed by atoms with Gasteiger partial charge < -0.3 is 14.7 Å². The number of piperidine rings is 1. The summed E-state index contributed by atoms with van der Waals surface area (Å²) in [6.07, 6.45) is 1.65. The first-order valence-electron chi connectivity index (χ1n) is 7.74. The van der Waals surface area contributed by atoms with Crippen LogP contribution in [-0.4, -0.2) is 55.5 Å². The number of likely N-dealkylation sites (tertiary alicyclic amines) is 1. The minimum absolute atomic E-state index is 0.160. The van der Waals surface area contributed by atoms with Gasteiger partial charge >= 0.3 is 0 Å². The summed E-state index contributed by atoms with van der Waals surface area (Å²) in [6, 6.07) is 5.50. The molecule has 0 bridgehead atoms. The van der Waals surface area contributed by atoms with Crippen molar-refractivity contribution < 1.29 is 14.2 Å². The molecule has 0 aliphatic carbocycles. The highest BCUT2D eigenvalue weighted by molar-refractivity contribution is 5.49. The lowest BCUT2D eigenvalue weighted by Gasteiger charge is -2.31. The predicted molar refractivity (Wildman–Crippen MR) is 79.9 cm³/mol. The van der Waals surface area contributed by atoms with E-state index >= 15 is 0 Å². The Labute approximate surface area is 125 Å². The summed E-state index contributed by atoms with van der Waals surface area (Å²) in [5.74, 6) is -0.160. The first kappa shape index (κ1) is 14.8. The monoisotopic (exact) mass is 294 g/mol. The van der Waals surface area contributed by atoms with Gasteiger partial charge in [-0.1, -0.05) is 6.07 Å². The van der Waals surface area contributed by atoms with Crippen molar-refractivity contribution in [2.45, 2.75) is 25.5 Å². The Hall–Kier alpha value is -1.17. The number of aliphatic hydroxyl groups excluding tert-OH is 1. The SMILES string of the molecule is OC1CCCN(Cc2ccc(N3CCOCC3)c(F)c2)C1. The second kappa shape index (κ2) is 6.73. The summed E-state index contributed by atoms with van der Waals surface area (Å²) in [7, 11) is 0. The van der Waals surface area contributed by atoms with E-state index in [2.05, 4.69) is 4.90 Å². The topological polar surface area (TPSA) is 35.9 Å². The summed E-state index contributed by atoms with van der Waals surface area (Å²) in [5, 5.41) is 9.69. The zero-order chi connectivity index (χ0) is 14.7. The van der Waals surface area contributed by atoms with Crippen molar-refractivity contribution in [2.24, 2.45) is 0 Å². The number of benzene rings is 1. The maximum atomic E-state index is 14.3. The molecule has 1 unspecified atom stereocenters. The molecule has 21 heavy (non-hydrogen) atoms. The lowest BCUT2D eigenvalue weighted by molar-refractivity contribution is 0.0668. The van der Waals surface area contributed by atoms with Crippen LogP contribution in [-0.2, 0) is 11.3 Å². The normalized spacial score (nSPS) is 24.3. The van der Waals surface area contributed by atoms with Gasteiger partial charge in [0.15, 0.2) is 0 Å². The number of rotatable bonds is 3. The van der Waals surface area contributed by atoms with Crippen LogP contribution in [0.25, 0.3) is 0 Å². The molecule has 5 heteroatoms. The van der Waals surface area contributed by atoms with Gasteiger partial charge in [0.2, 0.25) is 0 Å². The third-order valence-electron chi connectivity index (χ3n) is 4.25. The molecule has 4 nitrogen and oxygen atoms in total. The quantitative estimate of drug-likeness (QED) is 0.919. The average molecular weight is 294 g/mol. The minimum Gasteiger partial charge on any atom is -0.392 e. The van der Waals surface area contributed by atoms with Gasteiger partial charge in [-0.3, -0.25) is 4.90 Å². The van der Waals surface area contributed by atoms with Gasteiger partial charge in [-0.25, -0.2) is 4.39 Å². The van der Waals surface area contributed by atoms with Gasteiger partial charge in [-0.05, 0) is 37.1 Å². The Kier molecular flexibility index (Phi) is 4.73. The van der Waals surface area contributed by atoms with Crippen LogP contribution < -0.4 is 4.90 Å². The Bertz CT molecular complexity index is 477. The average Bonchev–Trinajstić information content (AvgIpc) is 2.48. The largest absolute Gasteiger partial charge is 0.392 e. The smallest absolute Gasteiger partial charge is 0.146 e. The number of β-amino-alcohol motifs (C(OH)–C–C–N with tert-alkyl or cyclic N) is 1. The Morgan fingerprint density at radius 2 is 2.05 bits per heavy atom. The van der Waals surface area contributed by atoms with E-state index in [0.29, 0.717) is 32.0 Å². The van der Waals surface area contributed by atoms with Crippen LogP contribution in [0.15, 0.2) is 18.2 Å². The van der Waals surface area contributed by atoms with Gasteiger partial charge in [-0.15, -0.1) is 0 Å². The van der Waals surface area contributed by atoms with Crippen molar-refractivity contribution in [3.63, 3.8) is 0 Å². The standard InChI is InChI=1S/C16H23FN2O2/c17-15-10-13(11-18-5-1-2-14(20)12-18)3-4-16(15)19-6-8-21-9-7-19/h3-4,10,14,20H,1-2,5-9,11-12H2. The molecule has 2 heterocycles. The van der Waals surface area contributed by atoms with Crippen molar-refractivity contribution in [3.05, 3.63) is 29.6 Å². The summed E-state index contributed by atoms with van der Waals surface area (Å²) in [4.78, 5) is 4.23. The van der Waals surface area contributed by atoms with E-state index in [-0.39, 0.29) is 11.9 Å². The number of ether oxygens (including phenoxy) is 1. The molecule has 116 valence electrons. The van der Waals surface area contributed by atoms with E-state index < -0.39 is 0 Å². The van der Waals surface area contributed by atoms with Gasteiger partial charge in [-0.2, -0.15) is 0 Å². The number of nitrogens with zero attached hydrogens (tertiary/aromatic N) is 2. The summed E-state index contributed by atoms with van der Waals surface area (Å²) in [6.45, 7) is 5.18. The third kappa shape index (κ3) is 3.73. The molecule has 0 aromatic heterocycles. The van der Waals surface area contributed by atoms with Crippen LogP contribution in [0.3, 0.4) is 0 Å². The Balaban J connectivity index is 1.66. The maximum absolute atomic E-state index is 14.3. The van der Waals surface area contributed by atoms with E-state index in [0.717, 1.165) is 38.0 Å². The van der Waals surface area contributed by atoms with Gasteiger partial charge in [0.05, 0.1) is 25.0 Å². The van der Waals surface area contributed by atoms with Crippen molar-refractivity contribution in [1.29, 1.82) is 0 Å². The fourth-order valence-electron chi connectivity index (χ4n) is 3.14. The molecule has 1 aromatic carbocycles. The van der Waals surface area contributed by atoms with E-state index in [1.165, 1.54) is 0 Å². The molecule has 1 N–H and O–H groups in total. The first-order chi connectivity index (χ1) is 10.2. The van der Waals surface area contributed by atoms with Crippen LogP contribution in [0, 0.1) is 5.82 Å². The molecule has 2 aliphatic rings. The predicted octanol–water partition coefficient (Wildman–Crippen LogP) is 1.62. The maximum Gasteiger partial charge on any atom is 0.146 e. The zero-order valence-corrected chi connectivity index (χ0v) is 12.3. The van der Waals surface area contributed by atoms with Crippen LogP contribution >= 0.6 is 0 Å². The molecular weight excluding hydrogens is 271 g/mol. The second-order valence-electron chi connectivity index (χ2n) is 5.92. The van der Waals surface area contributed by atoms with Crippen molar-refractivity contribution >= 4 is 5.69 Å². The molecule has 2 fully saturated rings. The third-order valence-corrected chi connectivity index (χ3v) is 4.25. The van der Waals surface area contributed by atoms with Crippen LogP contribution in [0.4, 0.5) is 10.1 Å². The number of halogens is 1. The van der Waals surface area contributed by atoms with Gasteiger partial charge in [0.25, 0.3) is 0 Å². The number of aliphatic hydroxyl groups is 1. The van der Waals surface area contributed by atoms with E-state index in [1.54, 1.807) is 6.07 Å². The molecular formula is C16H23FN2O2. The van der Waals surface area contributed by atoms with Crippen molar-refractivity contribution in [2.75, 3.05) is 44.3 Å². The molecule has 3 rings (SSSR count). The molecule has 2 aliphatic heterocycles. The van der Waals surface area contributed by atoms with Crippen molar-refractivity contribution in [1.82, 2.24) is 4.90 Å². The van der Waals surface area contributed by atoms with E-state index in [9.17, 15) is 9.50 Å².